The number of halogens is 1. The summed E-state index contributed by atoms with van der Waals surface area (Å²) in [6, 6.07) is 12.3. The van der Waals surface area contributed by atoms with Crippen molar-refractivity contribution in [2.45, 2.75) is 6.61 Å². The van der Waals surface area contributed by atoms with Gasteiger partial charge in [0.25, 0.3) is 0 Å². The van der Waals surface area contributed by atoms with Gasteiger partial charge in [0, 0.05) is 0 Å². The van der Waals surface area contributed by atoms with Crippen molar-refractivity contribution in [2.24, 2.45) is 0 Å². The topological polar surface area (TPSA) is 62.5 Å². The Morgan fingerprint density at radius 1 is 1.15 bits per heavy atom. The van der Waals surface area contributed by atoms with Crippen LogP contribution in [-0.2, 0) is 6.61 Å². The molecular weight excluding hydrogens is 322 g/mol. The molecule has 0 aliphatic rings. The van der Waals surface area contributed by atoms with Crippen molar-refractivity contribution in [2.75, 3.05) is 7.11 Å². The number of hydrogen-bond acceptors (Lipinski definition) is 4. The van der Waals surface area contributed by atoms with E-state index in [4.69, 9.17) is 19.8 Å². The van der Waals surface area contributed by atoms with Crippen LogP contribution in [0.15, 0.2) is 40.9 Å². The Bertz CT molecular complexity index is 665. The van der Waals surface area contributed by atoms with Crippen LogP contribution in [0.2, 0.25) is 0 Å². The second kappa shape index (κ2) is 6.42. The summed E-state index contributed by atoms with van der Waals surface area (Å²) in [5.74, 6) is 1.65. The van der Waals surface area contributed by atoms with E-state index < -0.39 is 0 Å². The van der Waals surface area contributed by atoms with Gasteiger partial charge in [-0.05, 0) is 51.8 Å². The van der Waals surface area contributed by atoms with Crippen LogP contribution in [0.5, 0.6) is 17.2 Å². The van der Waals surface area contributed by atoms with Gasteiger partial charge in [0.05, 0.1) is 29.8 Å². The zero-order valence-electron chi connectivity index (χ0n) is 10.8. The lowest BCUT2D eigenvalue weighted by Gasteiger charge is -2.12. The molecule has 0 aliphatic heterocycles. The minimum Gasteiger partial charge on any atom is -0.493 e. The molecule has 0 radical (unpaired) electrons. The molecule has 0 saturated carbocycles. The highest BCUT2D eigenvalue weighted by molar-refractivity contribution is 9.10. The average molecular weight is 334 g/mol. The molecule has 4 nitrogen and oxygen atoms in total. The van der Waals surface area contributed by atoms with Gasteiger partial charge in [0.2, 0.25) is 0 Å². The highest BCUT2D eigenvalue weighted by atomic mass is 79.9. The van der Waals surface area contributed by atoms with Crippen LogP contribution in [0.25, 0.3) is 0 Å². The third kappa shape index (κ3) is 3.10. The molecule has 20 heavy (non-hydrogen) atoms. The zero-order valence-corrected chi connectivity index (χ0v) is 12.3. The van der Waals surface area contributed by atoms with E-state index in [1.165, 1.54) is 7.11 Å². The maximum absolute atomic E-state index is 9.11. The Kier molecular flexibility index (Phi) is 4.61. The van der Waals surface area contributed by atoms with Crippen molar-refractivity contribution in [1.82, 2.24) is 0 Å². The first kappa shape index (κ1) is 14.4. The Morgan fingerprint density at radius 2 is 1.90 bits per heavy atom. The third-order valence-corrected chi connectivity index (χ3v) is 3.31. The molecule has 0 amide bonds. The number of methoxy groups -OCH3 is 1. The largest absolute Gasteiger partial charge is 0.493 e. The van der Waals surface area contributed by atoms with Crippen molar-refractivity contribution in [3.8, 4) is 23.3 Å². The van der Waals surface area contributed by atoms with Crippen molar-refractivity contribution in [3.05, 3.63) is 52.0 Å². The molecule has 0 fully saturated rings. The van der Waals surface area contributed by atoms with Gasteiger partial charge < -0.3 is 14.6 Å². The van der Waals surface area contributed by atoms with Crippen molar-refractivity contribution >= 4 is 15.9 Å². The quantitative estimate of drug-likeness (QED) is 0.928. The molecule has 0 aromatic heterocycles. The molecular formula is C15H12BrNO3. The van der Waals surface area contributed by atoms with Crippen LogP contribution in [0, 0.1) is 11.3 Å². The number of ether oxygens (including phenoxy) is 2. The van der Waals surface area contributed by atoms with Crippen LogP contribution >= 0.6 is 15.9 Å². The van der Waals surface area contributed by atoms with Crippen LogP contribution in [0.4, 0.5) is 0 Å². The third-order valence-electron chi connectivity index (χ3n) is 2.69. The van der Waals surface area contributed by atoms with E-state index in [-0.39, 0.29) is 6.61 Å². The fourth-order valence-electron chi connectivity index (χ4n) is 1.67. The summed E-state index contributed by atoms with van der Waals surface area (Å²) in [7, 11) is 1.54. The highest BCUT2D eigenvalue weighted by Crippen LogP contribution is 2.36. The number of nitrogens with zero attached hydrogens (tertiary/aromatic N) is 1. The van der Waals surface area contributed by atoms with Gasteiger partial charge in [-0.1, -0.05) is 6.07 Å². The molecule has 0 spiro atoms. The smallest absolute Gasteiger partial charge is 0.169 e. The molecule has 0 bridgehead atoms. The standard InChI is InChI=1S/C15H12BrNO3/c1-19-15-7-11(9-18)3-5-14(15)20-13-4-2-10(8-17)6-12(13)16/h2-7,18H,9H2,1H3. The molecule has 2 aromatic rings. The average Bonchev–Trinajstić information content (AvgIpc) is 2.49. The highest BCUT2D eigenvalue weighted by Gasteiger charge is 2.09. The van der Waals surface area contributed by atoms with E-state index >= 15 is 0 Å². The van der Waals surface area contributed by atoms with E-state index in [1.807, 2.05) is 0 Å². The molecule has 102 valence electrons. The molecule has 0 saturated heterocycles. The molecule has 0 unspecified atom stereocenters. The van der Waals surface area contributed by atoms with Crippen LogP contribution < -0.4 is 9.47 Å². The van der Waals surface area contributed by atoms with Crippen LogP contribution in [0.3, 0.4) is 0 Å². The Balaban J connectivity index is 2.32. The van der Waals surface area contributed by atoms with Crippen molar-refractivity contribution in [3.63, 3.8) is 0 Å². The first-order valence-electron chi connectivity index (χ1n) is 5.83. The molecule has 5 heteroatoms. The fourth-order valence-corrected chi connectivity index (χ4v) is 2.13. The number of nitriles is 1. The Labute approximate surface area is 125 Å². The molecule has 0 atom stereocenters. The summed E-state index contributed by atoms with van der Waals surface area (Å²) in [5, 5.41) is 17.9. The summed E-state index contributed by atoms with van der Waals surface area (Å²) >= 11 is 3.36. The minimum absolute atomic E-state index is 0.0583. The normalized spacial score (nSPS) is 9.90. The molecule has 2 rings (SSSR count). The van der Waals surface area contributed by atoms with Gasteiger partial charge in [-0.3, -0.25) is 0 Å². The summed E-state index contributed by atoms with van der Waals surface area (Å²) < 4.78 is 11.7. The minimum atomic E-state index is -0.0583. The number of benzene rings is 2. The van der Waals surface area contributed by atoms with E-state index in [2.05, 4.69) is 22.0 Å². The van der Waals surface area contributed by atoms with E-state index in [1.54, 1.807) is 36.4 Å². The fraction of sp³-hybridized carbons (Fsp3) is 0.133. The van der Waals surface area contributed by atoms with Gasteiger partial charge in [-0.2, -0.15) is 5.26 Å². The van der Waals surface area contributed by atoms with E-state index in [0.29, 0.717) is 27.3 Å². The first-order chi connectivity index (χ1) is 9.67. The van der Waals surface area contributed by atoms with Gasteiger partial charge in [-0.15, -0.1) is 0 Å². The van der Waals surface area contributed by atoms with Gasteiger partial charge >= 0.3 is 0 Å². The van der Waals surface area contributed by atoms with Crippen molar-refractivity contribution in [1.29, 1.82) is 5.26 Å². The lowest BCUT2D eigenvalue weighted by molar-refractivity contribution is 0.280. The van der Waals surface area contributed by atoms with E-state index in [0.717, 1.165) is 5.56 Å². The number of hydrogen-bond donors (Lipinski definition) is 1. The van der Waals surface area contributed by atoms with Crippen molar-refractivity contribution < 1.29 is 14.6 Å². The second-order valence-electron chi connectivity index (χ2n) is 4.00. The maximum Gasteiger partial charge on any atom is 0.169 e. The summed E-state index contributed by atoms with van der Waals surface area (Å²) in [5.41, 5.74) is 1.29. The van der Waals surface area contributed by atoms with Gasteiger partial charge in [0.15, 0.2) is 11.5 Å². The molecule has 1 N–H and O–H groups in total. The molecule has 0 heterocycles. The number of rotatable bonds is 4. The van der Waals surface area contributed by atoms with Crippen LogP contribution in [0.1, 0.15) is 11.1 Å². The monoisotopic (exact) mass is 333 g/mol. The summed E-state index contributed by atoms with van der Waals surface area (Å²) in [6.07, 6.45) is 0. The lowest BCUT2D eigenvalue weighted by atomic mass is 10.2. The molecule has 2 aromatic carbocycles. The maximum atomic E-state index is 9.11. The summed E-state index contributed by atoms with van der Waals surface area (Å²) in [4.78, 5) is 0. The van der Waals surface area contributed by atoms with Gasteiger partial charge in [-0.25, -0.2) is 0 Å². The predicted molar refractivity (Wildman–Crippen MR) is 77.8 cm³/mol. The first-order valence-corrected chi connectivity index (χ1v) is 6.62. The SMILES string of the molecule is COc1cc(CO)ccc1Oc1ccc(C#N)cc1Br. The predicted octanol–water partition coefficient (Wildman–Crippen LogP) is 3.61. The second-order valence-corrected chi connectivity index (χ2v) is 4.86. The van der Waals surface area contributed by atoms with Crippen LogP contribution in [-0.4, -0.2) is 12.2 Å². The Morgan fingerprint density at radius 3 is 2.50 bits per heavy atom. The molecule has 0 aliphatic carbocycles. The Hall–Kier alpha value is -2.03. The number of aliphatic hydroxyl groups excluding tert-OH is 1. The number of aliphatic hydroxyl groups is 1. The van der Waals surface area contributed by atoms with E-state index in [9.17, 15) is 0 Å². The van der Waals surface area contributed by atoms with Gasteiger partial charge in [0.1, 0.15) is 5.75 Å². The summed E-state index contributed by atoms with van der Waals surface area (Å²) in [6.45, 7) is -0.0583. The zero-order chi connectivity index (χ0) is 14.5. The lowest BCUT2D eigenvalue weighted by Crippen LogP contribution is -1.93.